The van der Waals surface area contributed by atoms with Gasteiger partial charge in [0.2, 0.25) is 0 Å². The maximum absolute atomic E-state index is 5.41. The SMILES string of the molecule is c1ccc(CC23CN4CCN(CC(C4)/C2=N/N=C2/C4CN5CCN(C4)CC2(Cc2ccccc2)C5)C3)cc1. The monoisotopic (exact) mass is 508 g/mol. The van der Waals surface area contributed by atoms with E-state index in [9.17, 15) is 0 Å². The summed E-state index contributed by atoms with van der Waals surface area (Å²) in [6, 6.07) is 22.3. The normalized spacial score (nSPS) is 43.1. The van der Waals surface area contributed by atoms with Gasteiger partial charge in [-0.05, 0) is 24.0 Å². The lowest BCUT2D eigenvalue weighted by molar-refractivity contribution is 0.115. The first-order chi connectivity index (χ1) is 18.7. The van der Waals surface area contributed by atoms with Crippen molar-refractivity contribution >= 4 is 11.4 Å². The van der Waals surface area contributed by atoms with Gasteiger partial charge in [0.05, 0.1) is 11.4 Å². The summed E-state index contributed by atoms with van der Waals surface area (Å²) in [4.78, 5) is 10.9. The van der Waals surface area contributed by atoms with E-state index in [0.29, 0.717) is 11.8 Å². The number of benzene rings is 2. The minimum Gasteiger partial charge on any atom is -0.300 e. The molecule has 0 N–H and O–H groups in total. The number of fused-ring (bicyclic) bond motifs is 2. The summed E-state index contributed by atoms with van der Waals surface area (Å²) in [7, 11) is 0. The third-order valence-electron chi connectivity index (χ3n) is 10.4. The standard InChI is InChI=1S/C32H40N6/c1-3-7-25(8-4-1)15-31-21-35-11-12-36(22-31)18-27(17-35)29(31)33-34-30-28-19-37-13-14-38(20-28)24-32(30,23-37)16-26-9-5-2-6-10-26/h1-10,27-28H,11-24H2/b33-29-,34-30-. The van der Waals surface area contributed by atoms with Crippen LogP contribution in [0.5, 0.6) is 0 Å². The van der Waals surface area contributed by atoms with E-state index >= 15 is 0 Å². The molecule has 2 aromatic rings. The number of piperidine rings is 4. The second-order valence-corrected chi connectivity index (χ2v) is 13.2. The first kappa shape index (κ1) is 23.5. The molecule has 8 fully saturated rings. The zero-order valence-electron chi connectivity index (χ0n) is 22.5. The van der Waals surface area contributed by atoms with Gasteiger partial charge in [0.25, 0.3) is 0 Å². The summed E-state index contributed by atoms with van der Waals surface area (Å²) < 4.78 is 0. The van der Waals surface area contributed by atoms with Crippen molar-refractivity contribution in [3.05, 3.63) is 71.8 Å². The summed E-state index contributed by atoms with van der Waals surface area (Å²) in [6.07, 6.45) is 2.14. The van der Waals surface area contributed by atoms with Gasteiger partial charge in [0.1, 0.15) is 0 Å². The van der Waals surface area contributed by atoms with Gasteiger partial charge < -0.3 is 19.6 Å². The van der Waals surface area contributed by atoms with E-state index in [4.69, 9.17) is 10.2 Å². The minimum absolute atomic E-state index is 0.0749. The molecule has 6 heteroatoms. The summed E-state index contributed by atoms with van der Waals surface area (Å²) >= 11 is 0. The molecule has 8 aliphatic rings. The quantitative estimate of drug-likeness (QED) is 0.583. The Morgan fingerprint density at radius 2 is 0.868 bits per heavy atom. The van der Waals surface area contributed by atoms with Gasteiger partial charge in [-0.1, -0.05) is 60.7 Å². The number of rotatable bonds is 5. The lowest BCUT2D eigenvalue weighted by Gasteiger charge is -2.51. The fraction of sp³-hybridized carbons (Fsp3) is 0.562. The average Bonchev–Trinajstić information content (AvgIpc) is 3.30. The highest BCUT2D eigenvalue weighted by Crippen LogP contribution is 2.43. The Labute approximate surface area is 227 Å². The Bertz CT molecular complexity index is 1110. The fourth-order valence-electron chi connectivity index (χ4n) is 9.08. The van der Waals surface area contributed by atoms with E-state index in [0.717, 1.165) is 65.2 Å². The molecular formula is C32H40N6. The van der Waals surface area contributed by atoms with Crippen molar-refractivity contribution in [1.29, 1.82) is 0 Å². The largest absolute Gasteiger partial charge is 0.300 e. The lowest BCUT2D eigenvalue weighted by Crippen LogP contribution is -2.63. The van der Waals surface area contributed by atoms with Gasteiger partial charge in [0, 0.05) is 101 Å². The Morgan fingerprint density at radius 3 is 1.21 bits per heavy atom. The van der Waals surface area contributed by atoms with Crippen molar-refractivity contribution in [2.24, 2.45) is 32.9 Å². The van der Waals surface area contributed by atoms with Crippen LogP contribution in [0.2, 0.25) is 0 Å². The van der Waals surface area contributed by atoms with Crippen molar-refractivity contribution in [3.63, 3.8) is 0 Å². The first-order valence-electron chi connectivity index (χ1n) is 14.8. The van der Waals surface area contributed by atoms with Crippen LogP contribution in [0, 0.1) is 22.7 Å². The van der Waals surface area contributed by atoms with Crippen molar-refractivity contribution in [2.75, 3.05) is 78.5 Å². The van der Waals surface area contributed by atoms with Crippen LogP contribution >= 0.6 is 0 Å². The summed E-state index contributed by atoms with van der Waals surface area (Å²) in [5, 5.41) is 10.8. The molecule has 0 spiro atoms. The lowest BCUT2D eigenvalue weighted by atomic mass is 9.67. The average molecular weight is 509 g/mol. The van der Waals surface area contributed by atoms with Gasteiger partial charge in [-0.15, -0.1) is 0 Å². The van der Waals surface area contributed by atoms with E-state index < -0.39 is 0 Å². The van der Waals surface area contributed by atoms with Crippen LogP contribution in [0.1, 0.15) is 11.1 Å². The highest BCUT2D eigenvalue weighted by atomic mass is 15.3. The highest BCUT2D eigenvalue weighted by molar-refractivity contribution is 5.98. The highest BCUT2D eigenvalue weighted by Gasteiger charge is 2.54. The van der Waals surface area contributed by atoms with Crippen LogP contribution < -0.4 is 0 Å². The molecule has 8 heterocycles. The van der Waals surface area contributed by atoms with Crippen LogP contribution in [0.3, 0.4) is 0 Å². The second kappa shape index (κ2) is 9.09. The molecule has 2 aromatic carbocycles. The second-order valence-electron chi connectivity index (χ2n) is 13.2. The smallest absolute Gasteiger partial charge is 0.0552 e. The Kier molecular flexibility index (Phi) is 5.62. The minimum atomic E-state index is 0.0749. The van der Waals surface area contributed by atoms with Gasteiger partial charge in [-0.2, -0.15) is 10.2 Å². The molecule has 0 amide bonds. The van der Waals surface area contributed by atoms with E-state index in [1.54, 1.807) is 0 Å². The van der Waals surface area contributed by atoms with Crippen LogP contribution in [0.15, 0.2) is 70.9 Å². The third kappa shape index (κ3) is 4.00. The van der Waals surface area contributed by atoms with Crippen molar-refractivity contribution in [3.8, 4) is 0 Å². The topological polar surface area (TPSA) is 37.7 Å². The third-order valence-corrected chi connectivity index (χ3v) is 10.4. The molecule has 4 unspecified atom stereocenters. The molecule has 10 rings (SSSR count). The van der Waals surface area contributed by atoms with Gasteiger partial charge >= 0.3 is 0 Å². The Hall–Kier alpha value is -2.38. The Morgan fingerprint density at radius 1 is 0.526 bits per heavy atom. The first-order valence-corrected chi connectivity index (χ1v) is 14.8. The maximum Gasteiger partial charge on any atom is 0.0552 e. The molecular weight excluding hydrogens is 468 g/mol. The molecule has 8 saturated heterocycles. The van der Waals surface area contributed by atoms with E-state index in [2.05, 4.69) is 80.3 Å². The predicted octanol–water partition coefficient (Wildman–Crippen LogP) is 2.76. The molecule has 0 aromatic heterocycles. The van der Waals surface area contributed by atoms with Crippen molar-refractivity contribution in [1.82, 2.24) is 19.6 Å². The molecule has 198 valence electrons. The van der Waals surface area contributed by atoms with Crippen molar-refractivity contribution in [2.45, 2.75) is 12.8 Å². The molecule has 8 aliphatic heterocycles. The van der Waals surface area contributed by atoms with E-state index in [1.165, 1.54) is 48.7 Å². The molecule has 0 saturated carbocycles. The Balaban J connectivity index is 1.21. The number of hydrogen-bond donors (Lipinski definition) is 0. The van der Waals surface area contributed by atoms with Crippen LogP contribution in [-0.4, -0.2) is 110 Å². The summed E-state index contributed by atoms with van der Waals surface area (Å²) in [5.74, 6) is 1.01. The van der Waals surface area contributed by atoms with Gasteiger partial charge in [-0.3, -0.25) is 0 Å². The van der Waals surface area contributed by atoms with Gasteiger partial charge in [0.15, 0.2) is 0 Å². The fourth-order valence-corrected chi connectivity index (χ4v) is 9.08. The number of nitrogens with zero attached hydrogens (tertiary/aromatic N) is 6. The van der Waals surface area contributed by atoms with E-state index in [1.807, 2.05) is 0 Å². The van der Waals surface area contributed by atoms with Gasteiger partial charge in [-0.25, -0.2) is 0 Å². The molecule has 38 heavy (non-hydrogen) atoms. The van der Waals surface area contributed by atoms with E-state index in [-0.39, 0.29) is 10.8 Å². The molecule has 4 atom stereocenters. The predicted molar refractivity (Wildman–Crippen MR) is 153 cm³/mol. The number of hydrogen-bond acceptors (Lipinski definition) is 6. The zero-order chi connectivity index (χ0) is 25.2. The van der Waals surface area contributed by atoms with Crippen LogP contribution in [0.4, 0.5) is 0 Å². The zero-order valence-corrected chi connectivity index (χ0v) is 22.5. The molecule has 6 nitrogen and oxygen atoms in total. The summed E-state index contributed by atoms with van der Waals surface area (Å²) in [5.41, 5.74) is 5.83. The summed E-state index contributed by atoms with van der Waals surface area (Å²) in [6.45, 7) is 13.9. The van der Waals surface area contributed by atoms with Crippen LogP contribution in [0.25, 0.3) is 0 Å². The molecule has 0 aliphatic carbocycles. The van der Waals surface area contributed by atoms with Crippen LogP contribution in [-0.2, 0) is 12.8 Å². The van der Waals surface area contributed by atoms with Crippen molar-refractivity contribution < 1.29 is 0 Å². The molecule has 8 bridgehead atoms. The molecule has 0 radical (unpaired) electrons. The maximum atomic E-state index is 5.41.